The van der Waals surface area contributed by atoms with Crippen molar-refractivity contribution in [1.29, 1.82) is 0 Å². The van der Waals surface area contributed by atoms with E-state index < -0.39 is 49.5 Å². The van der Waals surface area contributed by atoms with Gasteiger partial charge in [-0.05, 0) is 70.6 Å². The minimum atomic E-state index is -1.58. The van der Waals surface area contributed by atoms with Gasteiger partial charge in [0.15, 0.2) is 6.29 Å². The van der Waals surface area contributed by atoms with E-state index in [0.29, 0.717) is 6.42 Å². The Labute approximate surface area is 393 Å². The molecule has 7 unspecified atom stereocenters. The van der Waals surface area contributed by atoms with E-state index in [9.17, 15) is 30.3 Å². The predicted octanol–water partition coefficient (Wildman–Crippen LogP) is 12.6. The van der Waals surface area contributed by atoms with Crippen molar-refractivity contribution in [3.05, 3.63) is 48.6 Å². The highest BCUT2D eigenvalue weighted by Crippen LogP contribution is 2.23. The SMILES string of the molecule is CCCCCCCCCCC/C=C/CC/C=C/CC/C=C/C(O)C(COC1OC(CO)C(O)C(O)C1O)NC(=O)CCCCCCCCC/C=C\CCCCCCCCCCCCC. The molecule has 9 heteroatoms. The van der Waals surface area contributed by atoms with Gasteiger partial charge in [0.05, 0.1) is 25.4 Å². The molecule has 0 aromatic carbocycles. The third-order valence-corrected chi connectivity index (χ3v) is 12.6. The molecule has 0 bridgehead atoms. The molecule has 0 radical (unpaired) electrons. The minimum Gasteiger partial charge on any atom is -0.394 e. The molecule has 0 spiro atoms. The first-order chi connectivity index (χ1) is 31.3. The number of unbranched alkanes of at least 4 members (excludes halogenated alkanes) is 29. The number of aliphatic hydroxyl groups is 5. The highest BCUT2D eigenvalue weighted by Gasteiger charge is 2.44. The van der Waals surface area contributed by atoms with E-state index in [1.54, 1.807) is 6.08 Å². The lowest BCUT2D eigenvalue weighted by atomic mass is 9.99. The quantitative estimate of drug-likeness (QED) is 0.0261. The highest BCUT2D eigenvalue weighted by atomic mass is 16.7. The number of rotatable bonds is 45. The van der Waals surface area contributed by atoms with Crippen molar-refractivity contribution < 1.29 is 39.8 Å². The number of nitrogens with one attached hydrogen (secondary N) is 1. The summed E-state index contributed by atoms with van der Waals surface area (Å²) in [4.78, 5) is 13.0. The number of ether oxygens (including phenoxy) is 2. The molecule has 0 aliphatic carbocycles. The molecular weight excluding hydrogens is 803 g/mol. The van der Waals surface area contributed by atoms with Gasteiger partial charge in [-0.3, -0.25) is 4.79 Å². The fraction of sp³-hybridized carbons (Fsp3) is 0.836. The Bertz CT molecular complexity index is 1140. The van der Waals surface area contributed by atoms with Crippen LogP contribution in [-0.4, -0.2) is 87.5 Å². The second-order valence-corrected chi connectivity index (χ2v) is 18.6. The Balaban J connectivity index is 2.31. The Morgan fingerprint density at radius 2 is 0.891 bits per heavy atom. The summed E-state index contributed by atoms with van der Waals surface area (Å²) in [6.07, 6.45) is 51.7. The van der Waals surface area contributed by atoms with Gasteiger partial charge in [-0.25, -0.2) is 0 Å². The second kappa shape index (κ2) is 45.0. The number of carbonyl (C=O) groups excluding carboxylic acids is 1. The van der Waals surface area contributed by atoms with Crippen LogP contribution < -0.4 is 5.32 Å². The second-order valence-electron chi connectivity index (χ2n) is 18.6. The predicted molar refractivity (Wildman–Crippen MR) is 267 cm³/mol. The van der Waals surface area contributed by atoms with Crippen molar-refractivity contribution >= 4 is 5.91 Å². The molecule has 1 saturated heterocycles. The minimum absolute atomic E-state index is 0.194. The average Bonchev–Trinajstić information content (AvgIpc) is 3.29. The Morgan fingerprint density at radius 3 is 1.31 bits per heavy atom. The van der Waals surface area contributed by atoms with Crippen LogP contribution in [0.25, 0.3) is 0 Å². The molecule has 0 aromatic rings. The molecule has 1 aliphatic heterocycles. The van der Waals surface area contributed by atoms with Crippen molar-refractivity contribution in [2.45, 2.75) is 281 Å². The van der Waals surface area contributed by atoms with Crippen LogP contribution in [0.5, 0.6) is 0 Å². The van der Waals surface area contributed by atoms with Crippen molar-refractivity contribution in [3.63, 3.8) is 0 Å². The molecule has 9 nitrogen and oxygen atoms in total. The molecule has 0 saturated carbocycles. The number of allylic oxidation sites excluding steroid dienone is 7. The zero-order valence-corrected chi connectivity index (χ0v) is 41.3. The maximum atomic E-state index is 13.0. The van der Waals surface area contributed by atoms with Crippen LogP contribution in [0.3, 0.4) is 0 Å². The first-order valence-corrected chi connectivity index (χ1v) is 26.9. The van der Waals surface area contributed by atoms with Gasteiger partial charge in [0.25, 0.3) is 0 Å². The third kappa shape index (κ3) is 34.5. The van der Waals surface area contributed by atoms with E-state index in [1.807, 2.05) is 6.08 Å². The van der Waals surface area contributed by atoms with Crippen LogP contribution in [0.2, 0.25) is 0 Å². The van der Waals surface area contributed by atoms with Gasteiger partial charge in [0.2, 0.25) is 5.91 Å². The van der Waals surface area contributed by atoms with Crippen LogP contribution in [0, 0.1) is 0 Å². The number of amides is 1. The number of aliphatic hydroxyl groups excluding tert-OH is 5. The number of hydrogen-bond acceptors (Lipinski definition) is 8. The van der Waals surface area contributed by atoms with Crippen molar-refractivity contribution in [1.82, 2.24) is 5.32 Å². The van der Waals surface area contributed by atoms with Crippen LogP contribution >= 0.6 is 0 Å². The molecular formula is C55H101NO8. The van der Waals surface area contributed by atoms with E-state index in [2.05, 4.69) is 55.6 Å². The summed E-state index contributed by atoms with van der Waals surface area (Å²) < 4.78 is 11.2. The third-order valence-electron chi connectivity index (χ3n) is 12.6. The number of hydrogen-bond donors (Lipinski definition) is 6. The van der Waals surface area contributed by atoms with Crippen molar-refractivity contribution in [2.24, 2.45) is 0 Å². The topological polar surface area (TPSA) is 149 Å². The fourth-order valence-electron chi connectivity index (χ4n) is 8.30. The van der Waals surface area contributed by atoms with Gasteiger partial charge in [-0.15, -0.1) is 0 Å². The zero-order chi connectivity index (χ0) is 46.6. The van der Waals surface area contributed by atoms with E-state index in [-0.39, 0.29) is 12.5 Å². The molecule has 1 rings (SSSR count). The monoisotopic (exact) mass is 904 g/mol. The molecule has 64 heavy (non-hydrogen) atoms. The summed E-state index contributed by atoms with van der Waals surface area (Å²) in [6.45, 7) is 3.76. The lowest BCUT2D eigenvalue weighted by Gasteiger charge is -2.40. The fourth-order valence-corrected chi connectivity index (χ4v) is 8.30. The molecule has 1 heterocycles. The van der Waals surface area contributed by atoms with Gasteiger partial charge < -0.3 is 40.3 Å². The van der Waals surface area contributed by atoms with Crippen LogP contribution in [0.4, 0.5) is 0 Å². The van der Waals surface area contributed by atoms with Crippen LogP contribution in [0.1, 0.15) is 239 Å². The molecule has 1 aliphatic rings. The lowest BCUT2D eigenvalue weighted by molar-refractivity contribution is -0.302. The van der Waals surface area contributed by atoms with Gasteiger partial charge in [-0.2, -0.15) is 0 Å². The van der Waals surface area contributed by atoms with Gasteiger partial charge in [0, 0.05) is 6.42 Å². The van der Waals surface area contributed by atoms with Gasteiger partial charge in [0.1, 0.15) is 24.4 Å². The van der Waals surface area contributed by atoms with Gasteiger partial charge >= 0.3 is 0 Å². The molecule has 374 valence electrons. The standard InChI is InChI=1S/C55H101NO8/c1-3-5-7-9-11-13-15-17-19-21-23-24-25-27-29-31-33-35-37-39-41-43-45-51(59)56-48(47-63-55-54(62)53(61)52(60)50(46-57)64-55)49(58)44-42-40-38-36-34-32-30-28-26-22-20-18-16-14-12-10-8-6-4-2/h25-28,34,36,42,44,48-50,52-55,57-58,60-62H,3-24,29-33,35,37-41,43,45-47H2,1-2H3,(H,56,59)/b27-25-,28-26+,36-34+,44-42+. The normalized spacial score (nSPS) is 20.4. The smallest absolute Gasteiger partial charge is 0.220 e. The maximum Gasteiger partial charge on any atom is 0.220 e. The van der Waals surface area contributed by atoms with E-state index in [0.717, 1.165) is 57.8 Å². The molecule has 6 N–H and O–H groups in total. The summed E-state index contributed by atoms with van der Waals surface area (Å²) in [5.41, 5.74) is 0. The summed E-state index contributed by atoms with van der Waals surface area (Å²) in [6, 6.07) is -0.831. The largest absolute Gasteiger partial charge is 0.394 e. The van der Waals surface area contributed by atoms with Gasteiger partial charge in [-0.1, -0.05) is 210 Å². The lowest BCUT2D eigenvalue weighted by Crippen LogP contribution is -2.60. The summed E-state index contributed by atoms with van der Waals surface area (Å²) in [7, 11) is 0. The highest BCUT2D eigenvalue weighted by molar-refractivity contribution is 5.76. The van der Waals surface area contributed by atoms with Crippen LogP contribution in [0.15, 0.2) is 48.6 Å². The first kappa shape index (κ1) is 60.2. The summed E-state index contributed by atoms with van der Waals surface area (Å²) >= 11 is 0. The average molecular weight is 904 g/mol. The Kier molecular flexibility index (Phi) is 42.3. The van der Waals surface area contributed by atoms with E-state index >= 15 is 0 Å². The van der Waals surface area contributed by atoms with Crippen molar-refractivity contribution in [3.8, 4) is 0 Å². The Morgan fingerprint density at radius 1 is 0.516 bits per heavy atom. The number of carbonyl (C=O) groups is 1. The summed E-state index contributed by atoms with van der Waals surface area (Å²) in [5.74, 6) is -0.194. The molecule has 7 atom stereocenters. The molecule has 1 amide bonds. The molecule has 0 aromatic heterocycles. The zero-order valence-electron chi connectivity index (χ0n) is 41.3. The van der Waals surface area contributed by atoms with E-state index in [4.69, 9.17) is 9.47 Å². The van der Waals surface area contributed by atoms with Crippen LogP contribution in [-0.2, 0) is 14.3 Å². The summed E-state index contributed by atoms with van der Waals surface area (Å²) in [5, 5.41) is 54.4. The van der Waals surface area contributed by atoms with E-state index in [1.165, 1.54) is 161 Å². The molecule has 1 fully saturated rings. The Hall–Kier alpha value is -1.85. The maximum absolute atomic E-state index is 13.0. The van der Waals surface area contributed by atoms with Crippen molar-refractivity contribution in [2.75, 3.05) is 13.2 Å². The first-order valence-electron chi connectivity index (χ1n) is 26.9.